The van der Waals surface area contributed by atoms with Gasteiger partial charge in [-0.2, -0.15) is 0 Å². The highest BCUT2D eigenvalue weighted by molar-refractivity contribution is 6.00. The zero-order valence-corrected chi connectivity index (χ0v) is 14.3. The number of carbonyl (C=O) groups is 2. The predicted molar refractivity (Wildman–Crippen MR) is 96.0 cm³/mol. The van der Waals surface area contributed by atoms with Gasteiger partial charge in [-0.15, -0.1) is 0 Å². The molecule has 0 bridgehead atoms. The Balaban J connectivity index is 1.72. The Morgan fingerprint density at radius 3 is 2.56 bits per heavy atom. The molecular weight excluding hydrogens is 346 g/mol. The molecule has 1 fully saturated rings. The minimum absolute atomic E-state index is 0.156. The molecule has 2 amide bonds. The van der Waals surface area contributed by atoms with Gasteiger partial charge in [-0.25, -0.2) is 9.78 Å². The molecule has 7 heteroatoms. The summed E-state index contributed by atoms with van der Waals surface area (Å²) in [5, 5.41) is 11.9. The van der Waals surface area contributed by atoms with Gasteiger partial charge < -0.3 is 14.4 Å². The standard InChI is InChI=1S/C20H17N3O4/c24-15-8-4-7-14(9-15)11-23-12-21-16(10-13-5-2-1-3-6-13)17(23)18-19(25)22-20(26)27-18/h1-9,12,18,24H,10-11H2,(H,22,25,26). The van der Waals surface area contributed by atoms with Crippen LogP contribution in [0.1, 0.15) is 28.6 Å². The second-order valence-electron chi connectivity index (χ2n) is 6.31. The largest absolute Gasteiger partial charge is 0.508 e. The first-order chi connectivity index (χ1) is 13.1. The van der Waals surface area contributed by atoms with Crippen LogP contribution in [0, 0.1) is 0 Å². The van der Waals surface area contributed by atoms with Crippen molar-refractivity contribution in [3.63, 3.8) is 0 Å². The van der Waals surface area contributed by atoms with Gasteiger partial charge in [0.05, 0.1) is 17.7 Å². The first-order valence-corrected chi connectivity index (χ1v) is 8.47. The van der Waals surface area contributed by atoms with Crippen LogP contribution in [-0.4, -0.2) is 26.7 Å². The van der Waals surface area contributed by atoms with Crippen LogP contribution < -0.4 is 5.32 Å². The third-order valence-electron chi connectivity index (χ3n) is 4.37. The normalized spacial score (nSPS) is 16.2. The molecule has 1 aliphatic heterocycles. The smallest absolute Gasteiger partial charge is 0.415 e. The van der Waals surface area contributed by atoms with Crippen LogP contribution in [0.15, 0.2) is 60.9 Å². The van der Waals surface area contributed by atoms with Crippen molar-refractivity contribution in [2.75, 3.05) is 0 Å². The summed E-state index contributed by atoms with van der Waals surface area (Å²) in [6, 6.07) is 16.6. The number of carbonyl (C=O) groups excluding carboxylic acids is 2. The highest BCUT2D eigenvalue weighted by atomic mass is 16.6. The van der Waals surface area contributed by atoms with Crippen LogP contribution in [0.4, 0.5) is 4.79 Å². The number of benzene rings is 2. The van der Waals surface area contributed by atoms with Crippen molar-refractivity contribution in [3.05, 3.63) is 83.4 Å². The van der Waals surface area contributed by atoms with Gasteiger partial charge in [0.1, 0.15) is 5.75 Å². The first-order valence-electron chi connectivity index (χ1n) is 8.47. The molecule has 0 saturated carbocycles. The van der Waals surface area contributed by atoms with Crippen LogP contribution in [-0.2, 0) is 22.5 Å². The van der Waals surface area contributed by atoms with Crippen LogP contribution >= 0.6 is 0 Å². The molecule has 0 spiro atoms. The van der Waals surface area contributed by atoms with Gasteiger partial charge in [0.25, 0.3) is 5.91 Å². The number of cyclic esters (lactones) is 1. The van der Waals surface area contributed by atoms with Crippen LogP contribution in [0.2, 0.25) is 0 Å². The van der Waals surface area contributed by atoms with Crippen molar-refractivity contribution < 1.29 is 19.4 Å². The number of hydrogen-bond donors (Lipinski definition) is 2. The van der Waals surface area contributed by atoms with Crippen molar-refractivity contribution in [1.82, 2.24) is 14.9 Å². The summed E-state index contributed by atoms with van der Waals surface area (Å²) in [4.78, 5) is 28.2. The lowest BCUT2D eigenvalue weighted by Gasteiger charge is -2.14. The minimum atomic E-state index is -1.05. The molecular formula is C20H17N3O4. The van der Waals surface area contributed by atoms with E-state index in [0.29, 0.717) is 24.4 Å². The van der Waals surface area contributed by atoms with E-state index in [-0.39, 0.29) is 5.75 Å². The molecule has 1 aromatic heterocycles. The lowest BCUT2D eigenvalue weighted by molar-refractivity contribution is -0.123. The van der Waals surface area contributed by atoms with Crippen molar-refractivity contribution in [3.8, 4) is 5.75 Å². The maximum Gasteiger partial charge on any atom is 0.415 e. The average molecular weight is 363 g/mol. The number of nitrogens with one attached hydrogen (secondary N) is 1. The lowest BCUT2D eigenvalue weighted by atomic mass is 10.1. The SMILES string of the molecule is O=C1NC(=O)C(c2c(Cc3ccccc3)ncn2Cc2cccc(O)c2)O1. The van der Waals surface area contributed by atoms with Crippen molar-refractivity contribution in [2.24, 2.45) is 0 Å². The fourth-order valence-electron chi connectivity index (χ4n) is 3.17. The molecule has 0 aliphatic carbocycles. The summed E-state index contributed by atoms with van der Waals surface area (Å²) >= 11 is 0. The quantitative estimate of drug-likeness (QED) is 0.727. The van der Waals surface area contributed by atoms with Crippen LogP contribution in [0.3, 0.4) is 0 Å². The van der Waals surface area contributed by atoms with E-state index in [2.05, 4.69) is 10.3 Å². The molecule has 27 heavy (non-hydrogen) atoms. The fourth-order valence-corrected chi connectivity index (χ4v) is 3.17. The number of imidazole rings is 1. The van der Waals surface area contributed by atoms with Gasteiger partial charge in [0.2, 0.25) is 6.10 Å². The molecule has 4 rings (SSSR count). The lowest BCUT2D eigenvalue weighted by Crippen LogP contribution is -2.22. The number of aromatic hydroxyl groups is 1. The second kappa shape index (κ2) is 6.95. The van der Waals surface area contributed by atoms with Gasteiger partial charge in [0, 0.05) is 13.0 Å². The Morgan fingerprint density at radius 2 is 1.85 bits per heavy atom. The predicted octanol–water partition coefficient (Wildman–Crippen LogP) is 2.54. The van der Waals surface area contributed by atoms with Crippen molar-refractivity contribution >= 4 is 12.0 Å². The molecule has 136 valence electrons. The maximum atomic E-state index is 12.2. The highest BCUT2D eigenvalue weighted by Crippen LogP contribution is 2.28. The van der Waals surface area contributed by atoms with E-state index in [1.54, 1.807) is 29.1 Å². The van der Waals surface area contributed by atoms with Crippen LogP contribution in [0.5, 0.6) is 5.75 Å². The van der Waals surface area contributed by atoms with E-state index < -0.39 is 18.1 Å². The van der Waals surface area contributed by atoms with Gasteiger partial charge in [-0.05, 0) is 23.3 Å². The number of nitrogens with zero attached hydrogens (tertiary/aromatic N) is 2. The third-order valence-corrected chi connectivity index (χ3v) is 4.37. The van der Waals surface area contributed by atoms with E-state index >= 15 is 0 Å². The number of amides is 2. The van der Waals surface area contributed by atoms with E-state index in [9.17, 15) is 14.7 Å². The molecule has 1 atom stereocenters. The van der Waals surface area contributed by atoms with Gasteiger partial charge in [-0.3, -0.25) is 10.1 Å². The van der Waals surface area contributed by atoms with E-state index in [4.69, 9.17) is 4.74 Å². The number of ether oxygens (including phenoxy) is 1. The summed E-state index contributed by atoms with van der Waals surface area (Å²) < 4.78 is 6.96. The van der Waals surface area contributed by atoms with E-state index in [1.165, 1.54) is 0 Å². The Morgan fingerprint density at radius 1 is 1.07 bits per heavy atom. The molecule has 2 N–H and O–H groups in total. The Labute approximate surface area is 155 Å². The molecule has 0 radical (unpaired) electrons. The van der Waals surface area contributed by atoms with Gasteiger partial charge in [-0.1, -0.05) is 42.5 Å². The number of rotatable bonds is 5. The Kier molecular flexibility index (Phi) is 4.33. The molecule has 2 aromatic carbocycles. The summed E-state index contributed by atoms with van der Waals surface area (Å²) in [6.45, 7) is 0.382. The number of phenolic OH excluding ortho intramolecular Hbond substituents is 1. The summed E-state index contributed by atoms with van der Waals surface area (Å²) in [7, 11) is 0. The Bertz CT molecular complexity index is 997. The number of hydrogen-bond acceptors (Lipinski definition) is 5. The zero-order valence-electron chi connectivity index (χ0n) is 14.3. The third kappa shape index (κ3) is 3.52. The van der Waals surface area contributed by atoms with E-state index in [0.717, 1.165) is 11.1 Å². The number of imide groups is 1. The Hall–Kier alpha value is -3.61. The molecule has 1 aliphatic rings. The molecule has 2 heterocycles. The zero-order chi connectivity index (χ0) is 18.8. The van der Waals surface area contributed by atoms with Crippen molar-refractivity contribution in [1.29, 1.82) is 0 Å². The van der Waals surface area contributed by atoms with Gasteiger partial charge >= 0.3 is 6.09 Å². The van der Waals surface area contributed by atoms with E-state index in [1.807, 2.05) is 36.4 Å². The average Bonchev–Trinajstić information content (AvgIpc) is 3.18. The summed E-state index contributed by atoms with van der Waals surface area (Å²) in [5.74, 6) is -0.351. The first kappa shape index (κ1) is 16.8. The number of aromatic nitrogens is 2. The maximum absolute atomic E-state index is 12.2. The van der Waals surface area contributed by atoms with Crippen molar-refractivity contribution in [2.45, 2.75) is 19.1 Å². The molecule has 3 aromatic rings. The molecule has 1 unspecified atom stereocenters. The summed E-state index contributed by atoms with van der Waals surface area (Å²) in [6.07, 6.45) is 0.318. The number of phenols is 1. The molecule has 1 saturated heterocycles. The number of alkyl carbamates (subject to hydrolysis) is 1. The fraction of sp³-hybridized carbons (Fsp3) is 0.150. The molecule has 7 nitrogen and oxygen atoms in total. The topological polar surface area (TPSA) is 93.5 Å². The monoisotopic (exact) mass is 363 g/mol. The second-order valence-corrected chi connectivity index (χ2v) is 6.31. The minimum Gasteiger partial charge on any atom is -0.508 e. The van der Waals surface area contributed by atoms with Crippen LogP contribution in [0.25, 0.3) is 0 Å². The summed E-state index contributed by atoms with van der Waals surface area (Å²) in [5.41, 5.74) is 3.07. The van der Waals surface area contributed by atoms with Gasteiger partial charge in [0.15, 0.2) is 0 Å². The highest BCUT2D eigenvalue weighted by Gasteiger charge is 2.38.